The molecule has 0 radical (unpaired) electrons. The summed E-state index contributed by atoms with van der Waals surface area (Å²) in [5, 5.41) is 4.29. The lowest BCUT2D eigenvalue weighted by Crippen LogP contribution is -2.29. The smallest absolute Gasteiger partial charge is 0.174 e. The maximum atomic E-state index is 5.92. The minimum absolute atomic E-state index is 0.0472. The van der Waals surface area contributed by atoms with Crippen molar-refractivity contribution in [1.29, 1.82) is 0 Å². The summed E-state index contributed by atoms with van der Waals surface area (Å²) in [7, 11) is 0. The monoisotopic (exact) mass is 467 g/mol. The third-order valence-corrected chi connectivity index (χ3v) is 6.81. The minimum Gasteiger partial charge on any atom is -0.351 e. The number of rotatable bonds is 4. The van der Waals surface area contributed by atoms with Crippen molar-refractivity contribution >= 4 is 23.0 Å². The van der Waals surface area contributed by atoms with E-state index >= 15 is 0 Å². The predicted molar refractivity (Wildman–Crippen MR) is 142 cm³/mol. The summed E-state index contributed by atoms with van der Waals surface area (Å²) in [6.45, 7) is 10.6. The summed E-state index contributed by atoms with van der Waals surface area (Å²) >= 11 is 5.92. The molecule has 34 heavy (non-hydrogen) atoms. The van der Waals surface area contributed by atoms with Gasteiger partial charge in [0.2, 0.25) is 0 Å². The highest BCUT2D eigenvalue weighted by atomic mass is 32.1. The molecule has 172 valence electrons. The number of nitrogens with one attached hydrogen (secondary N) is 1. The van der Waals surface area contributed by atoms with E-state index in [0.717, 1.165) is 34.2 Å². The predicted octanol–water partition coefficient (Wildman–Crippen LogP) is 5.99. The first-order valence-corrected chi connectivity index (χ1v) is 11.9. The molecule has 0 aliphatic carbocycles. The number of pyridine rings is 2. The Morgan fingerprint density at radius 2 is 1.62 bits per heavy atom. The summed E-state index contributed by atoms with van der Waals surface area (Å²) in [6.07, 6.45) is 3.76. The van der Waals surface area contributed by atoms with Crippen molar-refractivity contribution in [2.45, 2.75) is 46.7 Å². The molecule has 1 fully saturated rings. The molecule has 1 N–H and O–H groups in total. The third-order valence-electron chi connectivity index (χ3n) is 6.50. The van der Waals surface area contributed by atoms with Gasteiger partial charge in [0.25, 0.3) is 0 Å². The Hall–Kier alpha value is -3.51. The fourth-order valence-corrected chi connectivity index (χ4v) is 5.42. The number of hydrogen-bond acceptors (Lipinski definition) is 3. The van der Waals surface area contributed by atoms with Crippen molar-refractivity contribution < 1.29 is 0 Å². The fourth-order valence-electron chi connectivity index (χ4n) is 5.07. The van der Waals surface area contributed by atoms with Gasteiger partial charge in [-0.15, -0.1) is 0 Å². The second-order valence-electron chi connectivity index (χ2n) is 9.20. The molecule has 0 saturated carbocycles. The molecular formula is C28H29N5S. The molecule has 0 amide bonds. The summed E-state index contributed by atoms with van der Waals surface area (Å²) in [5.41, 5.74) is 9.15. The van der Waals surface area contributed by atoms with Gasteiger partial charge in [0.1, 0.15) is 5.82 Å². The number of thiocarbonyl (C=S) groups is 1. The molecular weight excluding hydrogens is 438 g/mol. The maximum Gasteiger partial charge on any atom is 0.174 e. The lowest BCUT2D eigenvalue weighted by atomic mass is 9.96. The minimum atomic E-state index is -0.0746. The van der Waals surface area contributed by atoms with E-state index in [1.165, 1.54) is 16.7 Å². The van der Waals surface area contributed by atoms with Gasteiger partial charge in [-0.05, 0) is 105 Å². The quantitative estimate of drug-likeness (QED) is 0.374. The van der Waals surface area contributed by atoms with Crippen molar-refractivity contribution in [2.75, 3.05) is 4.90 Å². The summed E-state index contributed by atoms with van der Waals surface area (Å²) in [4.78, 5) is 11.6. The third kappa shape index (κ3) is 3.88. The van der Waals surface area contributed by atoms with Crippen LogP contribution in [-0.2, 0) is 0 Å². The molecule has 1 saturated heterocycles. The Morgan fingerprint density at radius 1 is 0.853 bits per heavy atom. The molecule has 0 unspecified atom stereocenters. The van der Waals surface area contributed by atoms with Crippen molar-refractivity contribution in [3.63, 3.8) is 0 Å². The van der Waals surface area contributed by atoms with E-state index in [1.54, 1.807) is 0 Å². The van der Waals surface area contributed by atoms with E-state index in [2.05, 4.69) is 91.9 Å². The van der Waals surface area contributed by atoms with Gasteiger partial charge >= 0.3 is 0 Å². The van der Waals surface area contributed by atoms with Crippen LogP contribution in [-0.4, -0.2) is 19.6 Å². The van der Waals surface area contributed by atoms with Crippen LogP contribution < -0.4 is 10.2 Å². The molecule has 5 rings (SSSR count). The van der Waals surface area contributed by atoms with E-state index in [9.17, 15) is 0 Å². The molecule has 5 nitrogen and oxygen atoms in total. The van der Waals surface area contributed by atoms with Crippen LogP contribution in [0.3, 0.4) is 0 Å². The van der Waals surface area contributed by atoms with Crippen LogP contribution in [0.15, 0.2) is 67.0 Å². The summed E-state index contributed by atoms with van der Waals surface area (Å²) < 4.78 is 2.23. The zero-order valence-corrected chi connectivity index (χ0v) is 21.0. The van der Waals surface area contributed by atoms with Crippen LogP contribution in [0.1, 0.15) is 51.4 Å². The summed E-state index contributed by atoms with van der Waals surface area (Å²) in [5.74, 6) is 0.924. The standard InChI is InChI=1S/C28H29N5S/c1-17-9-10-25(30-16-17)32-20(4)15-23(21(32)5)27-26(24-8-6-7-11-29-24)31-28(34)33(27)22-13-18(2)12-19(3)14-22/h6-16,26-27H,1-5H3,(H,31,34)/t26-,27-/m0/s1. The Morgan fingerprint density at radius 3 is 2.26 bits per heavy atom. The molecule has 6 heteroatoms. The van der Waals surface area contributed by atoms with E-state index in [0.29, 0.717) is 5.11 Å². The highest BCUT2D eigenvalue weighted by Crippen LogP contribution is 2.44. The van der Waals surface area contributed by atoms with E-state index in [1.807, 2.05) is 24.5 Å². The molecule has 4 heterocycles. The lowest BCUT2D eigenvalue weighted by Gasteiger charge is -2.28. The molecule has 0 bridgehead atoms. The van der Waals surface area contributed by atoms with E-state index < -0.39 is 0 Å². The van der Waals surface area contributed by atoms with Gasteiger partial charge in [-0.3, -0.25) is 4.98 Å². The zero-order chi connectivity index (χ0) is 24.0. The number of nitrogens with zero attached hydrogens (tertiary/aromatic N) is 4. The Kier molecular flexibility index (Phi) is 5.70. The number of aryl methyl sites for hydroxylation is 4. The first-order chi connectivity index (χ1) is 16.3. The second-order valence-corrected chi connectivity index (χ2v) is 9.58. The Labute approximate surface area is 206 Å². The van der Waals surface area contributed by atoms with Crippen molar-refractivity contribution in [3.05, 3.63) is 106 Å². The van der Waals surface area contributed by atoms with Crippen LogP contribution >= 0.6 is 12.2 Å². The van der Waals surface area contributed by atoms with Crippen molar-refractivity contribution in [2.24, 2.45) is 0 Å². The van der Waals surface area contributed by atoms with Gasteiger partial charge in [-0.1, -0.05) is 18.2 Å². The first kappa shape index (κ1) is 22.3. The molecule has 1 aliphatic rings. The average molecular weight is 468 g/mol. The Balaban J connectivity index is 1.69. The number of aromatic nitrogens is 3. The molecule has 1 aliphatic heterocycles. The highest BCUT2D eigenvalue weighted by molar-refractivity contribution is 7.80. The van der Waals surface area contributed by atoms with Crippen LogP contribution in [0.4, 0.5) is 5.69 Å². The van der Waals surface area contributed by atoms with E-state index in [-0.39, 0.29) is 12.1 Å². The zero-order valence-electron chi connectivity index (χ0n) is 20.2. The number of anilines is 1. The van der Waals surface area contributed by atoms with Crippen LogP contribution in [0, 0.1) is 34.6 Å². The maximum absolute atomic E-state index is 5.92. The molecule has 0 spiro atoms. The van der Waals surface area contributed by atoms with Gasteiger partial charge in [-0.25, -0.2) is 4.98 Å². The van der Waals surface area contributed by atoms with Crippen LogP contribution in [0.2, 0.25) is 0 Å². The summed E-state index contributed by atoms with van der Waals surface area (Å²) in [6, 6.07) is 19.0. The van der Waals surface area contributed by atoms with Gasteiger partial charge < -0.3 is 14.8 Å². The van der Waals surface area contributed by atoms with Gasteiger partial charge in [0.15, 0.2) is 5.11 Å². The normalized spacial score (nSPS) is 17.8. The van der Waals surface area contributed by atoms with Gasteiger partial charge in [0.05, 0.1) is 17.8 Å². The van der Waals surface area contributed by atoms with Crippen LogP contribution in [0.5, 0.6) is 0 Å². The van der Waals surface area contributed by atoms with Crippen LogP contribution in [0.25, 0.3) is 5.82 Å². The van der Waals surface area contributed by atoms with Crippen molar-refractivity contribution in [3.8, 4) is 5.82 Å². The lowest BCUT2D eigenvalue weighted by molar-refractivity contribution is 0.565. The molecule has 1 aromatic carbocycles. The topological polar surface area (TPSA) is 46.0 Å². The molecule has 3 aromatic heterocycles. The highest BCUT2D eigenvalue weighted by Gasteiger charge is 2.42. The number of hydrogen-bond donors (Lipinski definition) is 1. The van der Waals surface area contributed by atoms with Gasteiger partial charge in [0, 0.05) is 29.5 Å². The second kappa shape index (κ2) is 8.69. The largest absolute Gasteiger partial charge is 0.351 e. The van der Waals surface area contributed by atoms with Gasteiger partial charge in [-0.2, -0.15) is 0 Å². The number of benzene rings is 1. The average Bonchev–Trinajstić information content (AvgIpc) is 3.30. The fraction of sp³-hybridized carbons (Fsp3) is 0.250. The molecule has 4 aromatic rings. The molecule has 2 atom stereocenters. The first-order valence-electron chi connectivity index (χ1n) is 11.5. The SMILES string of the molecule is Cc1ccc(-n2c(C)cc([C@H]3[C@H](c4ccccn4)NC(=S)N3c3cc(C)cc(C)c3)c2C)nc1. The van der Waals surface area contributed by atoms with E-state index in [4.69, 9.17) is 22.2 Å². The Bertz CT molecular complexity index is 1340. The van der Waals surface area contributed by atoms with Crippen molar-refractivity contribution in [1.82, 2.24) is 19.9 Å².